The Bertz CT molecular complexity index is 400. The van der Waals surface area contributed by atoms with Crippen molar-refractivity contribution < 1.29 is 24.6 Å². The number of amides is 3. The quantitative estimate of drug-likeness (QED) is 0.498. The number of nitrogens with zero attached hydrogens (tertiary/aromatic N) is 1. The maximum absolute atomic E-state index is 11.9. The van der Waals surface area contributed by atoms with Crippen LogP contribution in [0.15, 0.2) is 0 Å². The minimum Gasteiger partial charge on any atom is -0.480 e. The summed E-state index contributed by atoms with van der Waals surface area (Å²) in [4.78, 5) is 35.0. The second-order valence-electron chi connectivity index (χ2n) is 4.89. The molecular formula is C11H17N3O5. The first-order valence-electron chi connectivity index (χ1n) is 6.22. The number of aliphatic hydroxyl groups is 1. The van der Waals surface area contributed by atoms with Crippen molar-refractivity contribution in [1.82, 2.24) is 15.5 Å². The Kier molecular flexibility index (Phi) is 3.89. The maximum atomic E-state index is 11.9. The van der Waals surface area contributed by atoms with Gasteiger partial charge in [-0.05, 0) is 6.42 Å². The van der Waals surface area contributed by atoms with Crippen LogP contribution in [0.25, 0.3) is 0 Å². The van der Waals surface area contributed by atoms with Gasteiger partial charge in [-0.3, -0.25) is 4.79 Å². The van der Waals surface area contributed by atoms with Gasteiger partial charge in [0.05, 0.1) is 6.10 Å². The summed E-state index contributed by atoms with van der Waals surface area (Å²) in [5.74, 6) is -1.17. The lowest BCUT2D eigenvalue weighted by atomic mass is 10.2. The average Bonchev–Trinajstić information content (AvgIpc) is 2.92. The molecule has 3 amide bonds. The van der Waals surface area contributed by atoms with Gasteiger partial charge in [-0.1, -0.05) is 0 Å². The summed E-state index contributed by atoms with van der Waals surface area (Å²) in [5, 5.41) is 23.7. The molecule has 2 rings (SSSR count). The summed E-state index contributed by atoms with van der Waals surface area (Å²) < 4.78 is 0. The highest BCUT2D eigenvalue weighted by Gasteiger charge is 2.39. The molecule has 2 aliphatic rings. The van der Waals surface area contributed by atoms with Crippen molar-refractivity contribution in [2.75, 3.05) is 13.1 Å². The monoisotopic (exact) mass is 271 g/mol. The molecule has 8 nitrogen and oxygen atoms in total. The molecule has 0 aliphatic carbocycles. The fourth-order valence-corrected chi connectivity index (χ4v) is 2.41. The number of urea groups is 1. The lowest BCUT2D eigenvalue weighted by molar-refractivity contribution is -0.141. The first-order chi connectivity index (χ1) is 8.97. The van der Waals surface area contributed by atoms with Crippen LogP contribution in [-0.2, 0) is 9.59 Å². The smallest absolute Gasteiger partial charge is 0.326 e. The summed E-state index contributed by atoms with van der Waals surface area (Å²) >= 11 is 0. The van der Waals surface area contributed by atoms with Gasteiger partial charge in [0.1, 0.15) is 6.04 Å². The number of rotatable bonds is 3. The molecule has 0 radical (unpaired) electrons. The van der Waals surface area contributed by atoms with Gasteiger partial charge in [0, 0.05) is 32.0 Å². The molecule has 0 spiro atoms. The first-order valence-corrected chi connectivity index (χ1v) is 6.22. The summed E-state index contributed by atoms with van der Waals surface area (Å²) in [6, 6.07) is -1.62. The van der Waals surface area contributed by atoms with Crippen LogP contribution in [0, 0.1) is 0 Å². The number of likely N-dealkylation sites (tertiary alicyclic amines) is 1. The fraction of sp³-hybridized carbons (Fsp3) is 0.727. The van der Waals surface area contributed by atoms with E-state index in [-0.39, 0.29) is 31.5 Å². The van der Waals surface area contributed by atoms with E-state index in [4.69, 9.17) is 5.11 Å². The molecule has 0 saturated carbocycles. The molecule has 4 N–H and O–H groups in total. The van der Waals surface area contributed by atoms with Gasteiger partial charge in [-0.15, -0.1) is 0 Å². The summed E-state index contributed by atoms with van der Waals surface area (Å²) in [6.45, 7) is 0.281. The van der Waals surface area contributed by atoms with Gasteiger partial charge in [-0.2, -0.15) is 0 Å². The van der Waals surface area contributed by atoms with E-state index < -0.39 is 24.1 Å². The molecule has 0 aromatic rings. The van der Waals surface area contributed by atoms with E-state index in [0.717, 1.165) is 4.90 Å². The Morgan fingerprint density at radius 1 is 1.47 bits per heavy atom. The third-order valence-electron chi connectivity index (χ3n) is 3.41. The van der Waals surface area contributed by atoms with E-state index in [9.17, 15) is 19.5 Å². The van der Waals surface area contributed by atoms with Crippen LogP contribution in [0.5, 0.6) is 0 Å². The summed E-state index contributed by atoms with van der Waals surface area (Å²) in [6.07, 6.45) is 0.339. The lowest BCUT2D eigenvalue weighted by Crippen LogP contribution is -2.49. The Balaban J connectivity index is 1.85. The van der Waals surface area contributed by atoms with E-state index in [1.54, 1.807) is 0 Å². The minimum atomic E-state index is -1.12. The predicted octanol–water partition coefficient (Wildman–Crippen LogP) is -1.51. The average molecular weight is 271 g/mol. The Morgan fingerprint density at radius 2 is 2.21 bits per heavy atom. The van der Waals surface area contributed by atoms with Crippen molar-refractivity contribution in [3.8, 4) is 0 Å². The standard InChI is InChI=1S/C11H17N3O5/c15-7-3-8(10(17)18)14(5-7)11(19)12-4-6-1-2-9(16)13-6/h6-8,15H,1-5H2,(H,12,19)(H,13,16)(H,17,18)/t6?,7?,8-/m0/s1. The van der Waals surface area contributed by atoms with E-state index in [0.29, 0.717) is 12.8 Å². The van der Waals surface area contributed by atoms with Crippen LogP contribution in [0.4, 0.5) is 4.79 Å². The minimum absolute atomic E-state index is 0.0137. The van der Waals surface area contributed by atoms with Gasteiger partial charge >= 0.3 is 12.0 Å². The molecule has 2 heterocycles. The lowest BCUT2D eigenvalue weighted by Gasteiger charge is -2.22. The van der Waals surface area contributed by atoms with Crippen LogP contribution >= 0.6 is 0 Å². The SMILES string of the molecule is O=C1CCC(CNC(=O)N2CC(O)C[C@H]2C(=O)O)N1. The topological polar surface area (TPSA) is 119 Å². The molecule has 2 saturated heterocycles. The highest BCUT2D eigenvalue weighted by atomic mass is 16.4. The zero-order valence-electron chi connectivity index (χ0n) is 10.3. The molecule has 19 heavy (non-hydrogen) atoms. The van der Waals surface area contributed by atoms with Crippen LogP contribution in [0.2, 0.25) is 0 Å². The summed E-state index contributed by atoms with van der Waals surface area (Å²) in [5.41, 5.74) is 0. The number of β-amino-alcohol motifs (C(OH)–C–C–N with tert-alkyl or cyclic N) is 1. The molecule has 106 valence electrons. The maximum Gasteiger partial charge on any atom is 0.326 e. The molecule has 0 aromatic heterocycles. The Labute approximate surface area is 109 Å². The normalized spacial score (nSPS) is 30.3. The number of aliphatic carboxylic acids is 1. The van der Waals surface area contributed by atoms with Gasteiger partial charge < -0.3 is 25.7 Å². The van der Waals surface area contributed by atoms with Gasteiger partial charge in [0.25, 0.3) is 0 Å². The number of carboxylic acids is 1. The zero-order chi connectivity index (χ0) is 14.0. The predicted molar refractivity (Wildman–Crippen MR) is 63.3 cm³/mol. The first kappa shape index (κ1) is 13.6. The second-order valence-corrected chi connectivity index (χ2v) is 4.89. The van der Waals surface area contributed by atoms with Crippen molar-refractivity contribution in [3.05, 3.63) is 0 Å². The Hall–Kier alpha value is -1.83. The van der Waals surface area contributed by atoms with Crippen LogP contribution < -0.4 is 10.6 Å². The van der Waals surface area contributed by atoms with Crippen LogP contribution in [-0.4, -0.2) is 64.3 Å². The molecule has 3 atom stereocenters. The zero-order valence-corrected chi connectivity index (χ0v) is 10.3. The molecule has 2 fully saturated rings. The van der Waals surface area contributed by atoms with Crippen LogP contribution in [0.3, 0.4) is 0 Å². The largest absolute Gasteiger partial charge is 0.480 e. The summed E-state index contributed by atoms with van der Waals surface area (Å²) in [7, 11) is 0. The number of aliphatic hydroxyl groups excluding tert-OH is 1. The van der Waals surface area contributed by atoms with Crippen molar-refractivity contribution in [1.29, 1.82) is 0 Å². The van der Waals surface area contributed by atoms with E-state index in [2.05, 4.69) is 10.6 Å². The molecule has 2 aliphatic heterocycles. The van der Waals surface area contributed by atoms with Gasteiger partial charge in [0.15, 0.2) is 0 Å². The van der Waals surface area contributed by atoms with Crippen molar-refractivity contribution in [3.63, 3.8) is 0 Å². The number of nitrogens with one attached hydrogen (secondary N) is 2. The van der Waals surface area contributed by atoms with Gasteiger partial charge in [-0.25, -0.2) is 9.59 Å². The van der Waals surface area contributed by atoms with E-state index in [1.807, 2.05) is 0 Å². The fourth-order valence-electron chi connectivity index (χ4n) is 2.41. The Morgan fingerprint density at radius 3 is 2.79 bits per heavy atom. The number of carboxylic acid groups (broad SMARTS) is 1. The molecule has 0 bridgehead atoms. The third-order valence-corrected chi connectivity index (χ3v) is 3.41. The van der Waals surface area contributed by atoms with Crippen molar-refractivity contribution in [2.45, 2.75) is 37.5 Å². The van der Waals surface area contributed by atoms with E-state index >= 15 is 0 Å². The number of hydrogen-bond donors (Lipinski definition) is 4. The molecular weight excluding hydrogens is 254 g/mol. The van der Waals surface area contributed by atoms with Crippen molar-refractivity contribution in [2.24, 2.45) is 0 Å². The van der Waals surface area contributed by atoms with Gasteiger partial charge in [0.2, 0.25) is 5.91 Å². The highest BCUT2D eigenvalue weighted by Crippen LogP contribution is 2.18. The molecule has 2 unspecified atom stereocenters. The number of hydrogen-bond acceptors (Lipinski definition) is 4. The molecule has 8 heteroatoms. The molecule has 0 aromatic carbocycles. The van der Waals surface area contributed by atoms with Crippen LogP contribution in [0.1, 0.15) is 19.3 Å². The van der Waals surface area contributed by atoms with Crippen molar-refractivity contribution >= 4 is 17.9 Å². The van der Waals surface area contributed by atoms with E-state index in [1.165, 1.54) is 0 Å². The number of carbonyl (C=O) groups is 3. The highest BCUT2D eigenvalue weighted by molar-refractivity contribution is 5.83. The third kappa shape index (κ3) is 3.14. The number of carbonyl (C=O) groups excluding carboxylic acids is 2. The second kappa shape index (κ2) is 5.43.